The van der Waals surface area contributed by atoms with Gasteiger partial charge in [-0.3, -0.25) is 4.98 Å². The van der Waals surface area contributed by atoms with Crippen LogP contribution >= 0.6 is 0 Å². The van der Waals surface area contributed by atoms with E-state index in [9.17, 15) is 0 Å². The maximum atomic E-state index is 5.50. The molecule has 2 N–H and O–H groups in total. The molecule has 0 saturated carbocycles. The summed E-state index contributed by atoms with van der Waals surface area (Å²) >= 11 is 0. The zero-order valence-corrected chi connectivity index (χ0v) is 17.1. The molecule has 0 radical (unpaired) electrons. The summed E-state index contributed by atoms with van der Waals surface area (Å²) in [4.78, 5) is 23.8. The van der Waals surface area contributed by atoms with E-state index in [1.54, 1.807) is 12.4 Å². The molecule has 1 aliphatic rings. The second-order valence-electron chi connectivity index (χ2n) is 7.25. The number of fused-ring (bicyclic) bond motifs is 1. The summed E-state index contributed by atoms with van der Waals surface area (Å²) in [5, 5.41) is 4.32. The fourth-order valence-electron chi connectivity index (χ4n) is 3.48. The van der Waals surface area contributed by atoms with Crippen molar-refractivity contribution < 1.29 is 4.74 Å². The van der Waals surface area contributed by atoms with E-state index in [-0.39, 0.29) is 0 Å². The Hall–Kier alpha value is -3.85. The summed E-state index contributed by atoms with van der Waals surface area (Å²) in [5.41, 5.74) is 7.21. The predicted molar refractivity (Wildman–Crippen MR) is 120 cm³/mol. The highest BCUT2D eigenvalue weighted by atomic mass is 16.5. The SMILES string of the molecule is Cc1cccc(/C=N/Nc2nc(N3CCOCC3)c3[nH]c(-c4ccccn4)nc3n2)c1. The van der Waals surface area contributed by atoms with Crippen molar-refractivity contribution >= 4 is 29.1 Å². The van der Waals surface area contributed by atoms with E-state index in [4.69, 9.17) is 9.72 Å². The van der Waals surface area contributed by atoms with Gasteiger partial charge in [-0.2, -0.15) is 15.1 Å². The molecule has 1 aromatic carbocycles. The number of aromatic amines is 1. The normalized spacial score (nSPS) is 14.4. The lowest BCUT2D eigenvalue weighted by atomic mass is 10.2. The van der Waals surface area contributed by atoms with Gasteiger partial charge in [0, 0.05) is 19.3 Å². The Morgan fingerprint density at radius 3 is 2.81 bits per heavy atom. The summed E-state index contributed by atoms with van der Waals surface area (Å²) in [7, 11) is 0. The van der Waals surface area contributed by atoms with Crippen LogP contribution in [0.25, 0.3) is 22.7 Å². The first-order valence-corrected chi connectivity index (χ1v) is 10.1. The number of H-pyrrole nitrogens is 1. The van der Waals surface area contributed by atoms with E-state index in [0.717, 1.165) is 35.7 Å². The van der Waals surface area contributed by atoms with Crippen molar-refractivity contribution in [1.29, 1.82) is 0 Å². The van der Waals surface area contributed by atoms with Gasteiger partial charge in [0.1, 0.15) is 11.2 Å². The molecule has 4 aromatic rings. The molecule has 0 unspecified atom stereocenters. The van der Waals surface area contributed by atoms with Crippen molar-refractivity contribution in [3.05, 3.63) is 59.8 Å². The van der Waals surface area contributed by atoms with Gasteiger partial charge in [0.05, 0.1) is 19.4 Å². The van der Waals surface area contributed by atoms with E-state index in [0.29, 0.717) is 30.6 Å². The average Bonchev–Trinajstić information content (AvgIpc) is 3.24. The standard InChI is InChI=1S/C22H22N8O/c1-15-5-4-6-16(13-15)14-24-29-22-27-20-18(21(28-22)30-9-11-31-12-10-30)25-19(26-20)17-7-2-3-8-23-17/h2-8,13-14H,9-12H2,1H3,(H2,25,26,27,28,29)/b24-14+. The van der Waals surface area contributed by atoms with Crippen LogP contribution in [-0.2, 0) is 4.74 Å². The Kier molecular flexibility index (Phi) is 5.24. The number of imidazole rings is 1. The second kappa shape index (κ2) is 8.49. The number of nitrogens with one attached hydrogen (secondary N) is 2. The number of aromatic nitrogens is 5. The highest BCUT2D eigenvalue weighted by Crippen LogP contribution is 2.27. The Balaban J connectivity index is 1.50. The van der Waals surface area contributed by atoms with E-state index in [2.05, 4.69) is 41.4 Å². The summed E-state index contributed by atoms with van der Waals surface area (Å²) < 4.78 is 5.50. The van der Waals surface area contributed by atoms with Crippen LogP contribution in [0.1, 0.15) is 11.1 Å². The lowest BCUT2D eigenvalue weighted by Crippen LogP contribution is -2.37. The number of ether oxygens (including phenoxy) is 1. The van der Waals surface area contributed by atoms with E-state index < -0.39 is 0 Å². The first kappa shape index (κ1) is 19.1. The highest BCUT2D eigenvalue weighted by molar-refractivity contribution is 5.87. The van der Waals surface area contributed by atoms with Crippen molar-refractivity contribution in [2.24, 2.45) is 5.10 Å². The fraction of sp³-hybridized carbons (Fsp3) is 0.227. The molecule has 0 atom stereocenters. The summed E-state index contributed by atoms with van der Waals surface area (Å²) in [6.45, 7) is 4.85. The monoisotopic (exact) mass is 414 g/mol. The van der Waals surface area contributed by atoms with Gasteiger partial charge in [0.25, 0.3) is 0 Å². The number of morpholine rings is 1. The zero-order chi connectivity index (χ0) is 21.0. The zero-order valence-electron chi connectivity index (χ0n) is 17.1. The third-order valence-corrected chi connectivity index (χ3v) is 4.97. The largest absolute Gasteiger partial charge is 0.378 e. The first-order chi connectivity index (χ1) is 15.3. The smallest absolute Gasteiger partial charge is 0.247 e. The number of pyridine rings is 1. The van der Waals surface area contributed by atoms with Gasteiger partial charge < -0.3 is 14.6 Å². The number of benzene rings is 1. The third-order valence-electron chi connectivity index (χ3n) is 4.97. The molecule has 0 bridgehead atoms. The molecule has 0 spiro atoms. The van der Waals surface area contributed by atoms with Crippen molar-refractivity contribution in [3.8, 4) is 11.5 Å². The molecule has 5 rings (SSSR count). The molecule has 3 aromatic heterocycles. The van der Waals surface area contributed by atoms with Crippen LogP contribution in [0, 0.1) is 6.92 Å². The summed E-state index contributed by atoms with van der Waals surface area (Å²) in [6.07, 6.45) is 3.49. The lowest BCUT2D eigenvalue weighted by Gasteiger charge is -2.28. The molecular weight excluding hydrogens is 392 g/mol. The number of rotatable bonds is 5. The topological polar surface area (TPSA) is 104 Å². The lowest BCUT2D eigenvalue weighted by molar-refractivity contribution is 0.122. The van der Waals surface area contributed by atoms with Gasteiger partial charge >= 0.3 is 0 Å². The average molecular weight is 414 g/mol. The fourth-order valence-corrected chi connectivity index (χ4v) is 3.48. The van der Waals surface area contributed by atoms with Crippen LogP contribution in [0.5, 0.6) is 0 Å². The number of hydrazone groups is 1. The number of hydrogen-bond acceptors (Lipinski definition) is 8. The number of aryl methyl sites for hydroxylation is 1. The van der Waals surface area contributed by atoms with Crippen molar-refractivity contribution in [3.63, 3.8) is 0 Å². The summed E-state index contributed by atoms with van der Waals surface area (Å²) in [6, 6.07) is 13.8. The molecule has 0 amide bonds. The molecule has 31 heavy (non-hydrogen) atoms. The maximum Gasteiger partial charge on any atom is 0.247 e. The van der Waals surface area contributed by atoms with Crippen LogP contribution in [-0.4, -0.2) is 57.4 Å². The second-order valence-corrected chi connectivity index (χ2v) is 7.25. The maximum absolute atomic E-state index is 5.50. The Labute approximate surface area is 179 Å². The van der Waals surface area contributed by atoms with Crippen molar-refractivity contribution in [2.45, 2.75) is 6.92 Å². The van der Waals surface area contributed by atoms with Gasteiger partial charge in [0.15, 0.2) is 17.3 Å². The molecule has 9 heteroatoms. The minimum absolute atomic E-state index is 0.386. The van der Waals surface area contributed by atoms with Crippen LogP contribution < -0.4 is 10.3 Å². The quantitative estimate of drug-likeness (QED) is 0.382. The molecule has 4 heterocycles. The van der Waals surface area contributed by atoms with Gasteiger partial charge in [0.2, 0.25) is 5.95 Å². The van der Waals surface area contributed by atoms with Crippen LogP contribution in [0.15, 0.2) is 53.8 Å². The van der Waals surface area contributed by atoms with Gasteiger partial charge in [-0.15, -0.1) is 0 Å². The molecule has 1 fully saturated rings. The number of hydrogen-bond donors (Lipinski definition) is 2. The van der Waals surface area contributed by atoms with Gasteiger partial charge in [-0.25, -0.2) is 10.4 Å². The minimum atomic E-state index is 0.386. The van der Waals surface area contributed by atoms with E-state index in [1.807, 2.05) is 43.3 Å². The van der Waals surface area contributed by atoms with Crippen LogP contribution in [0.2, 0.25) is 0 Å². The van der Waals surface area contributed by atoms with E-state index in [1.165, 1.54) is 5.56 Å². The van der Waals surface area contributed by atoms with Crippen LogP contribution in [0.4, 0.5) is 11.8 Å². The van der Waals surface area contributed by atoms with E-state index >= 15 is 0 Å². The molecule has 0 aliphatic carbocycles. The molecular formula is C22H22N8O. The third kappa shape index (κ3) is 4.22. The van der Waals surface area contributed by atoms with Gasteiger partial charge in [-0.05, 0) is 24.6 Å². The highest BCUT2D eigenvalue weighted by Gasteiger charge is 2.20. The Morgan fingerprint density at radius 2 is 2.00 bits per heavy atom. The number of anilines is 2. The Bertz CT molecular complexity index is 1210. The molecule has 1 saturated heterocycles. The minimum Gasteiger partial charge on any atom is -0.378 e. The van der Waals surface area contributed by atoms with Crippen molar-refractivity contribution in [2.75, 3.05) is 36.6 Å². The van der Waals surface area contributed by atoms with Crippen LogP contribution in [0.3, 0.4) is 0 Å². The molecule has 1 aliphatic heterocycles. The number of nitrogens with zero attached hydrogens (tertiary/aromatic N) is 6. The summed E-state index contributed by atoms with van der Waals surface area (Å²) in [5.74, 6) is 1.81. The van der Waals surface area contributed by atoms with Crippen molar-refractivity contribution in [1.82, 2.24) is 24.9 Å². The Morgan fingerprint density at radius 1 is 1.10 bits per heavy atom. The molecule has 156 valence electrons. The first-order valence-electron chi connectivity index (χ1n) is 10.1. The predicted octanol–water partition coefficient (Wildman–Crippen LogP) is 3.01. The molecule has 9 nitrogen and oxygen atoms in total. The van der Waals surface area contributed by atoms with Gasteiger partial charge in [-0.1, -0.05) is 35.9 Å².